The van der Waals surface area contributed by atoms with Crippen LogP contribution in [-0.4, -0.2) is 48.7 Å². The van der Waals surface area contributed by atoms with E-state index in [1.165, 1.54) is 0 Å². The number of rotatable bonds is 4. The summed E-state index contributed by atoms with van der Waals surface area (Å²) >= 11 is 0. The lowest BCUT2D eigenvalue weighted by Crippen LogP contribution is -2.47. The van der Waals surface area contributed by atoms with Crippen molar-refractivity contribution in [2.45, 2.75) is 19.4 Å². The predicted molar refractivity (Wildman–Crippen MR) is 90.1 cm³/mol. The van der Waals surface area contributed by atoms with E-state index in [2.05, 4.69) is 15.6 Å². The Morgan fingerprint density at radius 2 is 2.38 bits per heavy atom. The second-order valence-electron chi connectivity index (χ2n) is 6.50. The molecule has 1 amide bonds. The van der Waals surface area contributed by atoms with E-state index in [-0.39, 0.29) is 11.8 Å². The average Bonchev–Trinajstić information content (AvgIpc) is 2.82. The van der Waals surface area contributed by atoms with Crippen molar-refractivity contribution in [3.05, 3.63) is 30.2 Å². The molecule has 0 bridgehead atoms. The molecule has 130 valence electrons. The number of amides is 1. The van der Waals surface area contributed by atoms with Crippen LogP contribution < -0.4 is 15.4 Å². The molecule has 0 aliphatic carbocycles. The minimum absolute atomic E-state index is 0.0211. The fourth-order valence-corrected chi connectivity index (χ4v) is 2.95. The van der Waals surface area contributed by atoms with Crippen molar-refractivity contribution >= 4 is 11.6 Å². The number of hydrogen-bond acceptors (Lipinski definition) is 5. The number of nitrogens with zero attached hydrogens (tertiary/aromatic N) is 2. The first-order chi connectivity index (χ1) is 11.5. The lowest BCUT2D eigenvalue weighted by Gasteiger charge is -2.28. The lowest BCUT2D eigenvalue weighted by atomic mass is 9.99. The summed E-state index contributed by atoms with van der Waals surface area (Å²) in [5.74, 6) is 0.486. The molecule has 7 heteroatoms. The van der Waals surface area contributed by atoms with Gasteiger partial charge < -0.3 is 20.1 Å². The van der Waals surface area contributed by atoms with Crippen LogP contribution in [0.25, 0.3) is 5.65 Å². The van der Waals surface area contributed by atoms with Crippen molar-refractivity contribution < 1.29 is 14.3 Å². The minimum atomic E-state index is -0.574. The summed E-state index contributed by atoms with van der Waals surface area (Å²) in [5.41, 5.74) is 1.05. The quantitative estimate of drug-likeness (QED) is 0.871. The van der Waals surface area contributed by atoms with Gasteiger partial charge in [-0.25, -0.2) is 4.98 Å². The van der Waals surface area contributed by atoms with Crippen molar-refractivity contribution in [3.8, 4) is 5.75 Å². The van der Waals surface area contributed by atoms with E-state index >= 15 is 0 Å². The zero-order valence-corrected chi connectivity index (χ0v) is 14.3. The molecule has 2 N–H and O–H groups in total. The van der Waals surface area contributed by atoms with Crippen LogP contribution in [0.15, 0.2) is 24.5 Å². The van der Waals surface area contributed by atoms with Gasteiger partial charge in [-0.15, -0.1) is 0 Å². The van der Waals surface area contributed by atoms with E-state index in [4.69, 9.17) is 9.47 Å². The maximum Gasteiger partial charge on any atom is 0.227 e. The Morgan fingerprint density at radius 1 is 1.54 bits per heavy atom. The molecule has 1 saturated heterocycles. The lowest BCUT2D eigenvalue weighted by molar-refractivity contribution is -0.128. The van der Waals surface area contributed by atoms with Crippen molar-refractivity contribution in [1.82, 2.24) is 20.0 Å². The van der Waals surface area contributed by atoms with E-state index in [1.54, 1.807) is 13.3 Å². The highest BCUT2D eigenvalue weighted by atomic mass is 16.5. The summed E-state index contributed by atoms with van der Waals surface area (Å²) < 4.78 is 12.8. The first-order valence-electron chi connectivity index (χ1n) is 8.14. The van der Waals surface area contributed by atoms with Crippen LogP contribution in [0.1, 0.15) is 19.5 Å². The first kappa shape index (κ1) is 16.7. The van der Waals surface area contributed by atoms with Crippen LogP contribution in [0.2, 0.25) is 0 Å². The van der Waals surface area contributed by atoms with Gasteiger partial charge in [0.25, 0.3) is 0 Å². The minimum Gasteiger partial charge on any atom is -0.493 e. The molecule has 1 atom stereocenters. The van der Waals surface area contributed by atoms with Crippen LogP contribution in [0, 0.1) is 5.92 Å². The molecule has 1 aliphatic rings. The molecule has 0 radical (unpaired) electrons. The van der Waals surface area contributed by atoms with Crippen molar-refractivity contribution in [2.24, 2.45) is 5.92 Å². The normalized spacial score (nSPS) is 19.0. The molecule has 2 aromatic heterocycles. The number of aromatic nitrogens is 2. The third kappa shape index (κ3) is 3.22. The van der Waals surface area contributed by atoms with Gasteiger partial charge in [-0.05, 0) is 26.0 Å². The second kappa shape index (κ2) is 6.78. The van der Waals surface area contributed by atoms with Gasteiger partial charge in [0.2, 0.25) is 5.91 Å². The van der Waals surface area contributed by atoms with Crippen molar-refractivity contribution in [2.75, 3.05) is 33.4 Å². The fourth-order valence-electron chi connectivity index (χ4n) is 2.95. The molecule has 0 saturated carbocycles. The van der Waals surface area contributed by atoms with E-state index < -0.39 is 5.54 Å². The SMILES string of the molecule is COc1cccn2c(C(C)(C)NC(=O)C3CNCCOC3)cnc12. The molecule has 2 aromatic rings. The van der Waals surface area contributed by atoms with Gasteiger partial charge in [-0.2, -0.15) is 0 Å². The average molecular weight is 332 g/mol. The number of carbonyl (C=O) groups excluding carboxylic acids is 1. The van der Waals surface area contributed by atoms with Gasteiger partial charge in [0, 0.05) is 19.3 Å². The van der Waals surface area contributed by atoms with E-state index in [0.717, 1.165) is 17.9 Å². The molecule has 1 unspecified atom stereocenters. The molecular formula is C17H24N4O3. The van der Waals surface area contributed by atoms with Gasteiger partial charge in [0.05, 0.1) is 43.7 Å². The van der Waals surface area contributed by atoms with Gasteiger partial charge in [-0.1, -0.05) is 0 Å². The maximum absolute atomic E-state index is 12.6. The molecule has 1 aliphatic heterocycles. The topological polar surface area (TPSA) is 76.9 Å². The second-order valence-corrected chi connectivity index (χ2v) is 6.50. The monoisotopic (exact) mass is 332 g/mol. The zero-order chi connectivity index (χ0) is 17.2. The van der Waals surface area contributed by atoms with Crippen molar-refractivity contribution in [1.29, 1.82) is 0 Å². The predicted octanol–water partition coefficient (Wildman–Crippen LogP) is 0.930. The molecule has 0 spiro atoms. The summed E-state index contributed by atoms with van der Waals surface area (Å²) in [6.45, 7) is 6.43. The van der Waals surface area contributed by atoms with E-state index in [0.29, 0.717) is 25.5 Å². The standard InChI is InChI=1S/C17H24N4O3/c1-17(2,20-16(22)12-9-18-6-8-24-11-12)14-10-19-15-13(23-3)5-4-7-21(14)15/h4-5,7,10,12,18H,6,8-9,11H2,1-3H3,(H,20,22). The van der Waals surface area contributed by atoms with Crippen LogP contribution in [0.4, 0.5) is 0 Å². The van der Waals surface area contributed by atoms with E-state index in [1.807, 2.05) is 36.6 Å². The largest absolute Gasteiger partial charge is 0.493 e. The van der Waals surface area contributed by atoms with Gasteiger partial charge >= 0.3 is 0 Å². The summed E-state index contributed by atoms with van der Waals surface area (Å²) in [7, 11) is 1.62. The Labute approximate surface area is 141 Å². The number of carbonyl (C=O) groups is 1. The highest BCUT2D eigenvalue weighted by Gasteiger charge is 2.30. The molecule has 3 rings (SSSR count). The van der Waals surface area contributed by atoms with Gasteiger partial charge in [0.15, 0.2) is 11.4 Å². The molecule has 0 aromatic carbocycles. The van der Waals surface area contributed by atoms with Crippen LogP contribution in [0.5, 0.6) is 5.75 Å². The van der Waals surface area contributed by atoms with Crippen LogP contribution >= 0.6 is 0 Å². The third-order valence-electron chi connectivity index (χ3n) is 4.30. The molecule has 1 fully saturated rings. The molecule has 7 nitrogen and oxygen atoms in total. The molecular weight excluding hydrogens is 308 g/mol. The number of fused-ring (bicyclic) bond motifs is 1. The Morgan fingerprint density at radius 3 is 3.17 bits per heavy atom. The van der Waals surface area contributed by atoms with Gasteiger partial charge in [0.1, 0.15) is 0 Å². The number of pyridine rings is 1. The van der Waals surface area contributed by atoms with Crippen molar-refractivity contribution in [3.63, 3.8) is 0 Å². The smallest absolute Gasteiger partial charge is 0.227 e. The Kier molecular flexibility index (Phi) is 4.73. The third-order valence-corrected chi connectivity index (χ3v) is 4.30. The number of nitrogens with one attached hydrogen (secondary N) is 2. The summed E-state index contributed by atoms with van der Waals surface area (Å²) in [6.07, 6.45) is 3.70. The fraction of sp³-hybridized carbons (Fsp3) is 0.529. The summed E-state index contributed by atoms with van der Waals surface area (Å²) in [5, 5.41) is 6.35. The molecule has 24 heavy (non-hydrogen) atoms. The first-order valence-corrected chi connectivity index (χ1v) is 8.14. The summed E-state index contributed by atoms with van der Waals surface area (Å²) in [6, 6.07) is 3.77. The number of ether oxygens (including phenoxy) is 2. The highest BCUT2D eigenvalue weighted by Crippen LogP contribution is 2.26. The number of methoxy groups -OCH3 is 1. The molecule has 3 heterocycles. The van der Waals surface area contributed by atoms with E-state index in [9.17, 15) is 4.79 Å². The number of hydrogen-bond donors (Lipinski definition) is 2. The Balaban J connectivity index is 1.83. The number of imidazole rings is 1. The maximum atomic E-state index is 12.6. The Hall–Kier alpha value is -2.12. The highest BCUT2D eigenvalue weighted by molar-refractivity contribution is 5.80. The van der Waals surface area contributed by atoms with Crippen LogP contribution in [0.3, 0.4) is 0 Å². The van der Waals surface area contributed by atoms with Crippen LogP contribution in [-0.2, 0) is 15.1 Å². The Bertz CT molecular complexity index is 718. The summed E-state index contributed by atoms with van der Waals surface area (Å²) in [4.78, 5) is 17.1. The van der Waals surface area contributed by atoms with Gasteiger partial charge in [-0.3, -0.25) is 9.20 Å². The zero-order valence-electron chi connectivity index (χ0n) is 14.3.